The number of fused-ring (bicyclic) bond motifs is 1. The summed E-state index contributed by atoms with van der Waals surface area (Å²) in [5, 5.41) is 0. The highest BCUT2D eigenvalue weighted by atomic mass is 16.5. The van der Waals surface area contributed by atoms with Crippen molar-refractivity contribution < 1.29 is 18.9 Å². The van der Waals surface area contributed by atoms with Gasteiger partial charge in [0.2, 0.25) is 0 Å². The average molecular weight is 336 g/mol. The molecule has 0 spiro atoms. The molecule has 0 aliphatic carbocycles. The minimum Gasteiger partial charge on any atom is -0.493 e. The largest absolute Gasteiger partial charge is 0.493 e. The van der Waals surface area contributed by atoms with E-state index in [4.69, 9.17) is 18.9 Å². The van der Waals surface area contributed by atoms with Gasteiger partial charge in [-0.2, -0.15) is 0 Å². The zero-order chi connectivity index (χ0) is 17.0. The number of aryl methyl sites for hydroxylation is 1. The Morgan fingerprint density at radius 3 is 2.42 bits per heavy atom. The number of unbranched alkanes of at least 4 members (excludes halogenated alkanes) is 1. The summed E-state index contributed by atoms with van der Waals surface area (Å²) in [5.41, 5.74) is 3.90. The van der Waals surface area contributed by atoms with Crippen molar-refractivity contribution in [3.63, 3.8) is 0 Å². The molecule has 0 unspecified atom stereocenters. The van der Waals surface area contributed by atoms with E-state index in [9.17, 15) is 0 Å². The van der Waals surface area contributed by atoms with Crippen molar-refractivity contribution in [2.75, 3.05) is 39.6 Å². The first kappa shape index (κ1) is 19.2. The van der Waals surface area contributed by atoms with Gasteiger partial charge in [-0.05, 0) is 30.0 Å². The van der Waals surface area contributed by atoms with Crippen molar-refractivity contribution >= 4 is 0 Å². The highest BCUT2D eigenvalue weighted by molar-refractivity contribution is 5.46. The molecule has 1 aromatic rings. The van der Waals surface area contributed by atoms with E-state index >= 15 is 0 Å². The SMILES string of the molecule is CCCCOCCOCCOCc1cc(CCC)cc2c1OCC2. The Labute approximate surface area is 146 Å². The lowest BCUT2D eigenvalue weighted by Gasteiger charge is -2.12. The predicted octanol–water partition coefficient (Wildman–Crippen LogP) is 3.92. The molecule has 0 amide bonds. The first-order valence-electron chi connectivity index (χ1n) is 9.35. The smallest absolute Gasteiger partial charge is 0.128 e. The maximum atomic E-state index is 5.78. The standard InChI is InChI=1S/C20H32O4/c1-3-5-8-21-10-11-22-12-13-23-16-19-15-17(6-4-2)14-18-7-9-24-20(18)19/h14-15H,3-13,16H2,1-2H3. The Morgan fingerprint density at radius 1 is 0.917 bits per heavy atom. The number of benzene rings is 1. The summed E-state index contributed by atoms with van der Waals surface area (Å²) in [7, 11) is 0. The molecule has 0 radical (unpaired) electrons. The van der Waals surface area contributed by atoms with Crippen molar-refractivity contribution in [1.82, 2.24) is 0 Å². The van der Waals surface area contributed by atoms with E-state index in [1.165, 1.54) is 23.1 Å². The van der Waals surface area contributed by atoms with Crippen LogP contribution in [0.5, 0.6) is 5.75 Å². The number of hydrogen-bond donors (Lipinski definition) is 0. The lowest BCUT2D eigenvalue weighted by molar-refractivity contribution is 0.00991. The van der Waals surface area contributed by atoms with Crippen LogP contribution in [0, 0.1) is 0 Å². The van der Waals surface area contributed by atoms with Crippen LogP contribution in [-0.4, -0.2) is 39.6 Å². The van der Waals surface area contributed by atoms with Gasteiger partial charge in [-0.3, -0.25) is 0 Å². The summed E-state index contributed by atoms with van der Waals surface area (Å²) in [6.07, 6.45) is 5.57. The fourth-order valence-electron chi connectivity index (χ4n) is 2.87. The second-order valence-corrected chi connectivity index (χ2v) is 6.22. The zero-order valence-corrected chi connectivity index (χ0v) is 15.3. The summed E-state index contributed by atoms with van der Waals surface area (Å²) < 4.78 is 22.5. The number of ether oxygens (including phenoxy) is 4. The van der Waals surface area contributed by atoms with Gasteiger partial charge in [0, 0.05) is 18.6 Å². The van der Waals surface area contributed by atoms with Crippen LogP contribution in [-0.2, 0) is 33.7 Å². The first-order valence-corrected chi connectivity index (χ1v) is 9.35. The summed E-state index contributed by atoms with van der Waals surface area (Å²) in [6, 6.07) is 4.52. The quantitative estimate of drug-likeness (QED) is 0.512. The normalized spacial score (nSPS) is 13.1. The lowest BCUT2D eigenvalue weighted by Crippen LogP contribution is -2.10. The third-order valence-electron chi connectivity index (χ3n) is 4.10. The molecule has 0 saturated carbocycles. The Morgan fingerprint density at radius 2 is 1.67 bits per heavy atom. The second kappa shape index (κ2) is 11.5. The molecule has 0 saturated heterocycles. The minimum atomic E-state index is 0.593. The minimum absolute atomic E-state index is 0.593. The molecule has 0 aromatic heterocycles. The molecular formula is C20H32O4. The molecule has 1 heterocycles. The lowest BCUT2D eigenvalue weighted by atomic mass is 10.0. The molecule has 4 nitrogen and oxygen atoms in total. The maximum Gasteiger partial charge on any atom is 0.128 e. The van der Waals surface area contributed by atoms with E-state index in [2.05, 4.69) is 26.0 Å². The van der Waals surface area contributed by atoms with Crippen LogP contribution in [0.1, 0.15) is 49.8 Å². The van der Waals surface area contributed by atoms with Crippen molar-refractivity contribution in [1.29, 1.82) is 0 Å². The van der Waals surface area contributed by atoms with E-state index in [0.717, 1.165) is 44.6 Å². The van der Waals surface area contributed by atoms with E-state index in [0.29, 0.717) is 33.0 Å². The molecule has 1 aliphatic rings. The van der Waals surface area contributed by atoms with Crippen LogP contribution in [0.4, 0.5) is 0 Å². The molecular weight excluding hydrogens is 304 g/mol. The summed E-state index contributed by atoms with van der Waals surface area (Å²) in [5.74, 6) is 1.04. The monoisotopic (exact) mass is 336 g/mol. The van der Waals surface area contributed by atoms with E-state index in [1.807, 2.05) is 0 Å². The topological polar surface area (TPSA) is 36.9 Å². The van der Waals surface area contributed by atoms with Crippen LogP contribution >= 0.6 is 0 Å². The fraction of sp³-hybridized carbons (Fsp3) is 0.700. The average Bonchev–Trinajstić information content (AvgIpc) is 3.05. The molecule has 0 N–H and O–H groups in total. The van der Waals surface area contributed by atoms with E-state index in [-0.39, 0.29) is 0 Å². The van der Waals surface area contributed by atoms with Gasteiger partial charge in [0.05, 0.1) is 39.6 Å². The van der Waals surface area contributed by atoms with Gasteiger partial charge in [0.1, 0.15) is 5.75 Å². The van der Waals surface area contributed by atoms with Crippen LogP contribution in [0.3, 0.4) is 0 Å². The van der Waals surface area contributed by atoms with Gasteiger partial charge in [-0.15, -0.1) is 0 Å². The van der Waals surface area contributed by atoms with Gasteiger partial charge >= 0.3 is 0 Å². The van der Waals surface area contributed by atoms with Gasteiger partial charge < -0.3 is 18.9 Å². The highest BCUT2D eigenvalue weighted by Gasteiger charge is 2.17. The molecule has 1 aliphatic heterocycles. The second-order valence-electron chi connectivity index (χ2n) is 6.22. The maximum absolute atomic E-state index is 5.78. The Kier molecular flexibility index (Phi) is 9.18. The molecule has 0 bridgehead atoms. The highest BCUT2D eigenvalue weighted by Crippen LogP contribution is 2.32. The number of rotatable bonds is 13. The third-order valence-corrected chi connectivity index (χ3v) is 4.10. The van der Waals surface area contributed by atoms with Crippen LogP contribution in [0.25, 0.3) is 0 Å². The van der Waals surface area contributed by atoms with Gasteiger partial charge in [0.25, 0.3) is 0 Å². The Hall–Kier alpha value is -1.10. The van der Waals surface area contributed by atoms with Crippen molar-refractivity contribution in [2.24, 2.45) is 0 Å². The molecule has 1 aromatic carbocycles. The molecule has 0 atom stereocenters. The van der Waals surface area contributed by atoms with E-state index < -0.39 is 0 Å². The third kappa shape index (κ3) is 6.42. The summed E-state index contributed by atoms with van der Waals surface area (Å²) in [6.45, 7) is 9.10. The Bertz CT molecular complexity index is 473. The summed E-state index contributed by atoms with van der Waals surface area (Å²) in [4.78, 5) is 0. The zero-order valence-electron chi connectivity index (χ0n) is 15.3. The van der Waals surface area contributed by atoms with Crippen LogP contribution < -0.4 is 4.74 Å². The molecule has 24 heavy (non-hydrogen) atoms. The van der Waals surface area contributed by atoms with Crippen molar-refractivity contribution in [3.8, 4) is 5.75 Å². The van der Waals surface area contributed by atoms with E-state index in [1.54, 1.807) is 0 Å². The molecule has 4 heteroatoms. The van der Waals surface area contributed by atoms with Gasteiger partial charge in [0.15, 0.2) is 0 Å². The van der Waals surface area contributed by atoms with Crippen LogP contribution in [0.2, 0.25) is 0 Å². The predicted molar refractivity (Wildman–Crippen MR) is 95.8 cm³/mol. The first-order chi connectivity index (χ1) is 11.8. The summed E-state index contributed by atoms with van der Waals surface area (Å²) >= 11 is 0. The van der Waals surface area contributed by atoms with Crippen molar-refractivity contribution in [2.45, 2.75) is 52.6 Å². The molecule has 0 fully saturated rings. The molecule has 2 rings (SSSR count). The number of hydrogen-bond acceptors (Lipinski definition) is 4. The van der Waals surface area contributed by atoms with Gasteiger partial charge in [-0.25, -0.2) is 0 Å². The van der Waals surface area contributed by atoms with Gasteiger partial charge in [-0.1, -0.05) is 32.8 Å². The Balaban J connectivity index is 1.64. The van der Waals surface area contributed by atoms with Crippen molar-refractivity contribution in [3.05, 3.63) is 28.8 Å². The molecule has 136 valence electrons. The fourth-order valence-corrected chi connectivity index (χ4v) is 2.87. The van der Waals surface area contributed by atoms with Crippen LogP contribution in [0.15, 0.2) is 12.1 Å².